The number of sulfone groups is 1. The van der Waals surface area contributed by atoms with Gasteiger partial charge in [0.05, 0.1) is 10.6 Å². The molecule has 0 atom stereocenters. The molecule has 4 aromatic rings. The van der Waals surface area contributed by atoms with Crippen molar-refractivity contribution in [3.63, 3.8) is 0 Å². The van der Waals surface area contributed by atoms with E-state index in [1.54, 1.807) is 54.3 Å². The average Bonchev–Trinajstić information content (AvgIpc) is 3.09. The third-order valence-corrected chi connectivity index (χ3v) is 6.05. The third kappa shape index (κ3) is 2.83. The number of hydrogen-bond acceptors (Lipinski definition) is 6. The number of nitrogens with zero attached hydrogens (tertiary/aromatic N) is 4. The summed E-state index contributed by atoms with van der Waals surface area (Å²) in [6, 6.07) is 13.8. The molecular formula is C19H17N5O2S. The van der Waals surface area contributed by atoms with Crippen molar-refractivity contribution in [1.82, 2.24) is 19.6 Å². The smallest absolute Gasteiger partial charge is 0.214 e. The molecule has 0 bridgehead atoms. The minimum atomic E-state index is -3.80. The molecule has 1 N–H and O–H groups in total. The number of anilines is 1. The molecule has 0 radical (unpaired) electrons. The van der Waals surface area contributed by atoms with E-state index in [0.717, 1.165) is 11.3 Å². The van der Waals surface area contributed by atoms with E-state index in [1.807, 2.05) is 25.1 Å². The maximum Gasteiger partial charge on any atom is 0.214 e. The third-order valence-electron chi connectivity index (χ3n) is 4.24. The fourth-order valence-corrected chi connectivity index (χ4v) is 4.46. The van der Waals surface area contributed by atoms with Crippen LogP contribution in [-0.2, 0) is 9.84 Å². The predicted octanol–water partition coefficient (Wildman–Crippen LogP) is 2.97. The molecule has 0 spiro atoms. The van der Waals surface area contributed by atoms with Gasteiger partial charge in [0.1, 0.15) is 0 Å². The van der Waals surface area contributed by atoms with E-state index >= 15 is 0 Å². The highest BCUT2D eigenvalue weighted by Crippen LogP contribution is 2.32. The summed E-state index contributed by atoms with van der Waals surface area (Å²) in [7, 11) is -2.16. The monoisotopic (exact) mass is 379 g/mol. The molecule has 3 heterocycles. The maximum absolute atomic E-state index is 13.3. The van der Waals surface area contributed by atoms with Gasteiger partial charge in [0.25, 0.3) is 0 Å². The van der Waals surface area contributed by atoms with Crippen LogP contribution in [0.3, 0.4) is 0 Å². The number of aromatic nitrogens is 4. The van der Waals surface area contributed by atoms with E-state index in [0.29, 0.717) is 5.69 Å². The van der Waals surface area contributed by atoms with Crippen molar-refractivity contribution >= 4 is 21.3 Å². The second kappa shape index (κ2) is 6.48. The molecule has 1 aromatic carbocycles. The highest BCUT2D eigenvalue weighted by Gasteiger charge is 2.29. The number of fused-ring (bicyclic) bond motifs is 1. The predicted molar refractivity (Wildman–Crippen MR) is 102 cm³/mol. The number of rotatable bonds is 4. The van der Waals surface area contributed by atoms with Crippen molar-refractivity contribution in [3.8, 4) is 11.3 Å². The maximum atomic E-state index is 13.3. The van der Waals surface area contributed by atoms with Gasteiger partial charge in [-0.1, -0.05) is 18.2 Å². The van der Waals surface area contributed by atoms with Gasteiger partial charge in [0.2, 0.25) is 9.84 Å². The Bertz CT molecular complexity index is 1220. The Kier molecular flexibility index (Phi) is 4.12. The lowest BCUT2D eigenvalue weighted by Gasteiger charge is -2.07. The van der Waals surface area contributed by atoms with E-state index in [-0.39, 0.29) is 21.3 Å². The molecule has 0 amide bonds. The van der Waals surface area contributed by atoms with E-state index in [4.69, 9.17) is 0 Å². The topological polar surface area (TPSA) is 89.2 Å². The minimum absolute atomic E-state index is 0.0602. The lowest BCUT2D eigenvalue weighted by Crippen LogP contribution is -2.06. The first kappa shape index (κ1) is 17.2. The van der Waals surface area contributed by atoms with Crippen LogP contribution >= 0.6 is 0 Å². The van der Waals surface area contributed by atoms with Gasteiger partial charge < -0.3 is 5.32 Å². The first-order valence-corrected chi connectivity index (χ1v) is 9.79. The van der Waals surface area contributed by atoms with Gasteiger partial charge in [-0.15, -0.1) is 5.10 Å². The summed E-state index contributed by atoms with van der Waals surface area (Å²) in [6.07, 6.45) is 3.37. The Labute approximate surface area is 156 Å². The summed E-state index contributed by atoms with van der Waals surface area (Å²) < 4.78 is 28.1. The van der Waals surface area contributed by atoms with Gasteiger partial charge in [-0.05, 0) is 37.3 Å². The van der Waals surface area contributed by atoms with Crippen LogP contribution in [0.2, 0.25) is 0 Å². The molecular weight excluding hydrogens is 362 g/mol. The molecule has 27 heavy (non-hydrogen) atoms. The Morgan fingerprint density at radius 1 is 1.07 bits per heavy atom. The van der Waals surface area contributed by atoms with Crippen molar-refractivity contribution in [3.05, 3.63) is 66.6 Å². The lowest BCUT2D eigenvalue weighted by atomic mass is 10.2. The van der Waals surface area contributed by atoms with Crippen LogP contribution in [-0.4, -0.2) is 35.0 Å². The zero-order valence-electron chi connectivity index (χ0n) is 14.8. The molecule has 0 fully saturated rings. The fourth-order valence-electron chi connectivity index (χ4n) is 2.93. The molecule has 0 saturated carbocycles. The standard InChI is InChI=1S/C19H17N5O2S/c1-13-11-16(14-7-6-10-21-12-14)22-19-17(18(20-2)23-24(13)19)27(25,26)15-8-4-3-5-9-15/h3-12H,1-2H3,(H,20,23). The van der Waals surface area contributed by atoms with Gasteiger partial charge in [0, 0.05) is 30.7 Å². The van der Waals surface area contributed by atoms with Gasteiger partial charge in [0.15, 0.2) is 16.4 Å². The SMILES string of the molecule is CNc1nn2c(C)cc(-c3cccnc3)nc2c1S(=O)(=O)c1ccccc1. The molecule has 7 nitrogen and oxygen atoms in total. The Morgan fingerprint density at radius 2 is 1.85 bits per heavy atom. The number of pyridine rings is 1. The lowest BCUT2D eigenvalue weighted by molar-refractivity contribution is 0.597. The first-order chi connectivity index (χ1) is 13.0. The quantitative estimate of drug-likeness (QED) is 0.586. The van der Waals surface area contributed by atoms with Crippen LogP contribution in [0.1, 0.15) is 5.69 Å². The van der Waals surface area contributed by atoms with Crippen LogP contribution in [0, 0.1) is 6.92 Å². The average molecular weight is 379 g/mol. The van der Waals surface area contributed by atoms with Crippen molar-refractivity contribution < 1.29 is 8.42 Å². The molecule has 4 rings (SSSR count). The molecule has 136 valence electrons. The highest BCUT2D eigenvalue weighted by molar-refractivity contribution is 7.91. The Hall–Kier alpha value is -3.26. The molecule has 0 aliphatic rings. The molecule has 0 unspecified atom stereocenters. The number of nitrogens with one attached hydrogen (secondary N) is 1. The number of hydrogen-bond donors (Lipinski definition) is 1. The van der Waals surface area contributed by atoms with E-state index in [2.05, 4.69) is 20.4 Å². The summed E-state index contributed by atoms with van der Waals surface area (Å²) in [5.41, 5.74) is 2.49. The normalized spacial score (nSPS) is 11.6. The van der Waals surface area contributed by atoms with Crippen molar-refractivity contribution in [2.24, 2.45) is 0 Å². The van der Waals surface area contributed by atoms with Crippen LogP contribution in [0.15, 0.2) is 70.7 Å². The van der Waals surface area contributed by atoms with Crippen LogP contribution < -0.4 is 5.32 Å². The summed E-state index contributed by atoms with van der Waals surface area (Å²) in [6.45, 7) is 1.86. The van der Waals surface area contributed by atoms with Crippen molar-refractivity contribution in [2.45, 2.75) is 16.7 Å². The summed E-state index contributed by atoms with van der Waals surface area (Å²) in [4.78, 5) is 8.98. The van der Waals surface area contributed by atoms with Crippen LogP contribution in [0.4, 0.5) is 5.82 Å². The number of aryl methyl sites for hydroxylation is 1. The number of benzene rings is 1. The summed E-state index contributed by atoms with van der Waals surface area (Å²) >= 11 is 0. The highest BCUT2D eigenvalue weighted by atomic mass is 32.2. The zero-order chi connectivity index (χ0) is 19.0. The first-order valence-electron chi connectivity index (χ1n) is 8.31. The molecule has 8 heteroatoms. The van der Waals surface area contributed by atoms with Crippen LogP contribution in [0.25, 0.3) is 16.9 Å². The van der Waals surface area contributed by atoms with E-state index < -0.39 is 9.84 Å². The van der Waals surface area contributed by atoms with E-state index in [1.165, 1.54) is 0 Å². The molecule has 0 aliphatic heterocycles. The summed E-state index contributed by atoms with van der Waals surface area (Å²) in [5, 5.41) is 7.29. The largest absolute Gasteiger partial charge is 0.370 e. The van der Waals surface area contributed by atoms with Crippen molar-refractivity contribution in [1.29, 1.82) is 0 Å². The zero-order valence-corrected chi connectivity index (χ0v) is 15.6. The molecule has 0 saturated heterocycles. The van der Waals surface area contributed by atoms with Crippen LogP contribution in [0.5, 0.6) is 0 Å². The van der Waals surface area contributed by atoms with Gasteiger partial charge in [-0.3, -0.25) is 4.98 Å². The van der Waals surface area contributed by atoms with Gasteiger partial charge in [-0.2, -0.15) is 0 Å². The molecule has 3 aromatic heterocycles. The molecule has 0 aliphatic carbocycles. The Morgan fingerprint density at radius 3 is 2.52 bits per heavy atom. The van der Waals surface area contributed by atoms with Gasteiger partial charge in [-0.25, -0.2) is 17.9 Å². The van der Waals surface area contributed by atoms with E-state index in [9.17, 15) is 8.42 Å². The summed E-state index contributed by atoms with van der Waals surface area (Å²) in [5.74, 6) is 0.262. The van der Waals surface area contributed by atoms with Crippen molar-refractivity contribution in [2.75, 3.05) is 12.4 Å². The fraction of sp³-hybridized carbons (Fsp3) is 0.105. The van der Waals surface area contributed by atoms with Gasteiger partial charge >= 0.3 is 0 Å². The second-order valence-electron chi connectivity index (χ2n) is 6.00. The minimum Gasteiger partial charge on any atom is -0.370 e. The second-order valence-corrected chi connectivity index (χ2v) is 7.89. The Balaban J connectivity index is 2.04.